The van der Waals surface area contributed by atoms with Gasteiger partial charge in [-0.15, -0.1) is 0 Å². The second-order valence-electron chi connectivity index (χ2n) is 9.37. The minimum absolute atomic E-state index is 0.0194. The quantitative estimate of drug-likeness (QED) is 0.542. The zero-order chi connectivity index (χ0) is 20.8. The van der Waals surface area contributed by atoms with Crippen LogP contribution in [0, 0.1) is 11.3 Å². The molecule has 1 heterocycles. The molecule has 3 aliphatic rings. The summed E-state index contributed by atoms with van der Waals surface area (Å²) < 4.78 is 6.78. The van der Waals surface area contributed by atoms with Gasteiger partial charge in [0.2, 0.25) is 0 Å². The first kappa shape index (κ1) is 20.5. The summed E-state index contributed by atoms with van der Waals surface area (Å²) in [5.41, 5.74) is 2.99. The Kier molecular flexibility index (Phi) is 5.54. The average Bonchev–Trinajstić information content (AvgIpc) is 3.12. The number of hydrogen-bond donors (Lipinski definition) is 0. The Morgan fingerprint density at radius 2 is 1.83 bits per heavy atom. The van der Waals surface area contributed by atoms with E-state index in [1.807, 2.05) is 31.2 Å². The maximum atomic E-state index is 13.3. The fourth-order valence-corrected chi connectivity index (χ4v) is 5.67. The maximum Gasteiger partial charge on any atom is 0.336 e. The van der Waals surface area contributed by atoms with Crippen molar-refractivity contribution >= 4 is 33.4 Å². The molecular weight excluding hydrogens is 430 g/mol. The number of fused-ring (bicyclic) bond motifs is 1. The summed E-state index contributed by atoms with van der Waals surface area (Å²) in [4.78, 5) is 31.4. The molecular formula is C24H28BrNO3. The van der Waals surface area contributed by atoms with Crippen LogP contribution in [0.5, 0.6) is 0 Å². The van der Waals surface area contributed by atoms with E-state index < -0.39 is 5.92 Å². The molecule has 0 spiro atoms. The molecule has 0 amide bonds. The van der Waals surface area contributed by atoms with Gasteiger partial charge in [-0.3, -0.25) is 9.79 Å². The van der Waals surface area contributed by atoms with E-state index >= 15 is 0 Å². The molecule has 0 aromatic heterocycles. The van der Waals surface area contributed by atoms with Crippen molar-refractivity contribution in [3.8, 4) is 0 Å². The predicted molar refractivity (Wildman–Crippen MR) is 117 cm³/mol. The van der Waals surface area contributed by atoms with E-state index in [2.05, 4.69) is 29.8 Å². The lowest BCUT2D eigenvalue weighted by Crippen LogP contribution is -2.44. The molecule has 2 unspecified atom stereocenters. The molecule has 2 fully saturated rings. The first-order valence-electron chi connectivity index (χ1n) is 10.5. The summed E-state index contributed by atoms with van der Waals surface area (Å²) in [6.07, 6.45) is 5.29. The Bertz CT molecular complexity index is 908. The van der Waals surface area contributed by atoms with Crippen LogP contribution in [0.3, 0.4) is 0 Å². The molecule has 0 bridgehead atoms. The van der Waals surface area contributed by atoms with Crippen LogP contribution < -0.4 is 0 Å². The molecule has 29 heavy (non-hydrogen) atoms. The Morgan fingerprint density at radius 1 is 1.14 bits per heavy atom. The second kappa shape index (κ2) is 7.82. The first-order chi connectivity index (χ1) is 13.8. The molecule has 0 N–H and O–H groups in total. The fourth-order valence-electron chi connectivity index (χ4n) is 5.14. The van der Waals surface area contributed by atoms with E-state index in [9.17, 15) is 9.59 Å². The van der Waals surface area contributed by atoms with Crippen LogP contribution >= 0.6 is 15.9 Å². The Labute approximate surface area is 180 Å². The van der Waals surface area contributed by atoms with Gasteiger partial charge in [-0.25, -0.2) is 4.79 Å². The summed E-state index contributed by atoms with van der Waals surface area (Å²) >= 11 is 3.65. The molecule has 154 valence electrons. The van der Waals surface area contributed by atoms with Crippen molar-refractivity contribution in [2.45, 2.75) is 71.3 Å². The van der Waals surface area contributed by atoms with Crippen molar-refractivity contribution in [2.24, 2.45) is 16.3 Å². The van der Waals surface area contributed by atoms with Crippen LogP contribution in [-0.2, 0) is 14.3 Å². The predicted octanol–water partition coefficient (Wildman–Crippen LogP) is 5.75. The van der Waals surface area contributed by atoms with E-state index in [4.69, 9.17) is 9.73 Å². The zero-order valence-electron chi connectivity index (χ0n) is 17.3. The third-order valence-corrected chi connectivity index (χ3v) is 7.12. The monoisotopic (exact) mass is 457 g/mol. The lowest BCUT2D eigenvalue weighted by molar-refractivity contribution is -0.144. The molecule has 1 aromatic rings. The highest BCUT2D eigenvalue weighted by atomic mass is 79.9. The minimum Gasteiger partial charge on any atom is -0.459 e. The molecule has 5 heteroatoms. The SMILES string of the molecule is CC1=C(C(=O)OC2CCCC2)C(c2ccccc2Br)C2C(=O)CC(C)(C)CC2=N1. The number of esters is 1. The number of benzene rings is 1. The van der Waals surface area contributed by atoms with Crippen LogP contribution in [-0.4, -0.2) is 23.6 Å². The van der Waals surface area contributed by atoms with Crippen molar-refractivity contribution in [1.82, 2.24) is 0 Å². The standard InChI is InChI=1S/C24H28BrNO3/c1-14-20(23(28)29-15-8-4-5-9-15)21(16-10-6-7-11-17(16)25)22-18(26-14)12-24(2,3)13-19(22)27/h6-7,10-11,15,21-22H,4-5,8-9,12-13H2,1-3H3. The zero-order valence-corrected chi connectivity index (χ0v) is 18.9. The second-order valence-corrected chi connectivity index (χ2v) is 10.2. The van der Waals surface area contributed by atoms with Gasteiger partial charge in [0.25, 0.3) is 0 Å². The van der Waals surface area contributed by atoms with Gasteiger partial charge in [0, 0.05) is 28.2 Å². The first-order valence-corrected chi connectivity index (χ1v) is 11.3. The highest BCUT2D eigenvalue weighted by molar-refractivity contribution is 9.10. The van der Waals surface area contributed by atoms with Gasteiger partial charge in [0.1, 0.15) is 11.9 Å². The van der Waals surface area contributed by atoms with Crippen LogP contribution in [0.4, 0.5) is 0 Å². The summed E-state index contributed by atoms with van der Waals surface area (Å²) in [6.45, 7) is 6.10. The van der Waals surface area contributed by atoms with E-state index in [1.54, 1.807) is 0 Å². The largest absolute Gasteiger partial charge is 0.459 e. The number of carbonyl (C=O) groups excluding carboxylic acids is 2. The number of allylic oxidation sites excluding steroid dienone is 1. The Balaban J connectivity index is 1.81. The molecule has 1 aromatic carbocycles. The molecule has 1 aliphatic heterocycles. The van der Waals surface area contributed by atoms with Gasteiger partial charge in [0.05, 0.1) is 11.5 Å². The summed E-state index contributed by atoms with van der Waals surface area (Å²) in [6, 6.07) is 7.87. The molecule has 0 radical (unpaired) electrons. The lowest BCUT2D eigenvalue weighted by atomic mass is 9.63. The van der Waals surface area contributed by atoms with E-state index in [-0.39, 0.29) is 29.2 Å². The van der Waals surface area contributed by atoms with Gasteiger partial charge in [-0.2, -0.15) is 0 Å². The average molecular weight is 458 g/mol. The molecule has 4 rings (SSSR count). The minimum atomic E-state index is -0.392. The number of Topliss-reactive ketones (excluding diaryl/α,β-unsaturated/α-hetero) is 1. The molecule has 4 nitrogen and oxygen atoms in total. The Hall–Kier alpha value is -1.75. The number of carbonyl (C=O) groups is 2. The number of nitrogens with zero attached hydrogens (tertiary/aromatic N) is 1. The van der Waals surface area contributed by atoms with Gasteiger partial charge in [0.15, 0.2) is 0 Å². The lowest BCUT2D eigenvalue weighted by Gasteiger charge is -2.41. The number of halogens is 1. The van der Waals surface area contributed by atoms with Crippen molar-refractivity contribution in [3.05, 3.63) is 45.6 Å². The number of ether oxygens (including phenoxy) is 1. The molecule has 0 saturated heterocycles. The number of ketones is 1. The van der Waals surface area contributed by atoms with Gasteiger partial charge in [-0.1, -0.05) is 48.0 Å². The topological polar surface area (TPSA) is 55.7 Å². The van der Waals surface area contributed by atoms with Crippen molar-refractivity contribution in [3.63, 3.8) is 0 Å². The normalized spacial score (nSPS) is 26.9. The summed E-state index contributed by atoms with van der Waals surface area (Å²) in [5, 5.41) is 0. The van der Waals surface area contributed by atoms with Crippen molar-refractivity contribution < 1.29 is 14.3 Å². The highest BCUT2D eigenvalue weighted by Gasteiger charge is 2.48. The number of rotatable bonds is 3. The molecule has 2 saturated carbocycles. The van der Waals surface area contributed by atoms with Crippen LogP contribution in [0.15, 0.2) is 45.0 Å². The third kappa shape index (κ3) is 3.98. The maximum absolute atomic E-state index is 13.3. The van der Waals surface area contributed by atoms with E-state index in [0.29, 0.717) is 17.7 Å². The smallest absolute Gasteiger partial charge is 0.336 e. The van der Waals surface area contributed by atoms with Crippen LogP contribution in [0.1, 0.15) is 70.8 Å². The number of aliphatic imine (C=N–C) groups is 1. The van der Waals surface area contributed by atoms with Gasteiger partial charge >= 0.3 is 5.97 Å². The number of hydrogen-bond acceptors (Lipinski definition) is 4. The van der Waals surface area contributed by atoms with Crippen LogP contribution in [0.25, 0.3) is 0 Å². The van der Waals surface area contributed by atoms with E-state index in [0.717, 1.165) is 47.9 Å². The van der Waals surface area contributed by atoms with Crippen molar-refractivity contribution in [1.29, 1.82) is 0 Å². The Morgan fingerprint density at radius 3 is 2.52 bits per heavy atom. The molecule has 2 atom stereocenters. The third-order valence-electron chi connectivity index (χ3n) is 6.40. The molecule has 2 aliphatic carbocycles. The summed E-state index contributed by atoms with van der Waals surface area (Å²) in [7, 11) is 0. The summed E-state index contributed by atoms with van der Waals surface area (Å²) in [5.74, 6) is -0.887. The van der Waals surface area contributed by atoms with Gasteiger partial charge in [-0.05, 0) is 56.1 Å². The van der Waals surface area contributed by atoms with Gasteiger partial charge < -0.3 is 4.74 Å². The van der Waals surface area contributed by atoms with Crippen molar-refractivity contribution in [2.75, 3.05) is 0 Å². The highest BCUT2D eigenvalue weighted by Crippen LogP contribution is 2.48. The fraction of sp³-hybridized carbons (Fsp3) is 0.542. The van der Waals surface area contributed by atoms with Crippen LogP contribution in [0.2, 0.25) is 0 Å². The van der Waals surface area contributed by atoms with E-state index in [1.165, 1.54) is 0 Å².